The zero-order chi connectivity index (χ0) is 32.7. The lowest BCUT2D eigenvalue weighted by Crippen LogP contribution is -2.63. The van der Waals surface area contributed by atoms with Crippen molar-refractivity contribution in [2.75, 3.05) is 20.3 Å². The van der Waals surface area contributed by atoms with E-state index in [1.54, 1.807) is 0 Å². The van der Waals surface area contributed by atoms with E-state index >= 15 is 0 Å². The summed E-state index contributed by atoms with van der Waals surface area (Å²) in [5, 5.41) is 113. The van der Waals surface area contributed by atoms with Crippen LogP contribution < -0.4 is 0 Å². The number of hydrogen-bond acceptors (Lipinski definition) is 17. The quantitative estimate of drug-likeness (QED) is 0.116. The predicted octanol–water partition coefficient (Wildman–Crippen LogP) is -5.57. The Hall–Kier alpha value is -0.680. The molecular weight excluding hydrogens is 608 g/mol. The first kappa shape index (κ1) is 35.6. The summed E-state index contributed by atoms with van der Waals surface area (Å²) in [6.45, 7) is -1.33. The molecule has 5 rings (SSSR count). The minimum absolute atomic E-state index is 0.0665. The molecule has 20 atom stereocenters. The zero-order valence-electron chi connectivity index (χ0n) is 24.9. The highest BCUT2D eigenvalue weighted by Crippen LogP contribution is 2.45. The van der Waals surface area contributed by atoms with Gasteiger partial charge in [-0.05, 0) is 31.6 Å². The fourth-order valence-corrected chi connectivity index (χ4v) is 7.52. The zero-order valence-corrected chi connectivity index (χ0v) is 24.9. The number of methoxy groups -OCH3 is 1. The van der Waals surface area contributed by atoms with E-state index < -0.39 is 135 Å². The maximum atomic E-state index is 10.8. The second kappa shape index (κ2) is 14.8. The molecule has 0 radical (unpaired) electrons. The van der Waals surface area contributed by atoms with Crippen molar-refractivity contribution in [1.29, 1.82) is 0 Å². The van der Waals surface area contributed by atoms with Gasteiger partial charge in [0.25, 0.3) is 0 Å². The highest BCUT2D eigenvalue weighted by molar-refractivity contribution is 5.01. The summed E-state index contributed by atoms with van der Waals surface area (Å²) in [5.41, 5.74) is 0. The number of ether oxygens (including phenoxy) is 6. The largest absolute Gasteiger partial charge is 0.394 e. The first-order valence-electron chi connectivity index (χ1n) is 15.5. The molecule has 2 aliphatic carbocycles. The molecule has 5 fully saturated rings. The van der Waals surface area contributed by atoms with Crippen LogP contribution in [0.4, 0.5) is 0 Å². The molecule has 17 nitrogen and oxygen atoms in total. The van der Waals surface area contributed by atoms with Gasteiger partial charge in [0.05, 0.1) is 55.9 Å². The molecule has 0 spiro atoms. The molecule has 0 aromatic carbocycles. The van der Waals surface area contributed by atoms with Gasteiger partial charge in [0.1, 0.15) is 54.9 Å². The maximum absolute atomic E-state index is 10.8. The first-order chi connectivity index (χ1) is 21.4. The van der Waals surface area contributed by atoms with Gasteiger partial charge < -0.3 is 84.6 Å². The van der Waals surface area contributed by atoms with Crippen LogP contribution in [-0.4, -0.2) is 187 Å². The number of hydrogen-bond donors (Lipinski definition) is 11. The average molecular weight is 657 g/mol. The van der Waals surface area contributed by atoms with Crippen molar-refractivity contribution in [3.8, 4) is 0 Å². The van der Waals surface area contributed by atoms with E-state index in [1.165, 1.54) is 7.11 Å². The second-order valence-electron chi connectivity index (χ2n) is 13.0. The standard InChI is InChI=1S/C28H48O17/c1-40-15-3-9(2-12(32)19(15)33)26-16(43-28-25(39)23(37)21(35)18(8-30)45-28)6-11-13(41-26)4-10(31)5-14(11)42-27-24(38)22(36)20(34)17(7-29)44-27/h9-39H,2-8H2,1H3. The van der Waals surface area contributed by atoms with Gasteiger partial charge in [0, 0.05) is 19.4 Å². The Morgan fingerprint density at radius 3 is 1.64 bits per heavy atom. The van der Waals surface area contributed by atoms with Crippen LogP contribution in [0.15, 0.2) is 0 Å². The summed E-state index contributed by atoms with van der Waals surface area (Å²) in [4.78, 5) is 0. The fourth-order valence-electron chi connectivity index (χ4n) is 7.52. The van der Waals surface area contributed by atoms with Crippen molar-refractivity contribution >= 4 is 0 Å². The van der Waals surface area contributed by atoms with E-state index in [2.05, 4.69) is 0 Å². The minimum atomic E-state index is -1.71. The van der Waals surface area contributed by atoms with Gasteiger partial charge in [-0.2, -0.15) is 0 Å². The highest BCUT2D eigenvalue weighted by Gasteiger charge is 2.54. The lowest BCUT2D eigenvalue weighted by atomic mass is 9.72. The van der Waals surface area contributed by atoms with Crippen molar-refractivity contribution in [2.24, 2.45) is 11.8 Å². The number of fused-ring (bicyclic) bond motifs is 1. The molecule has 11 N–H and O–H groups in total. The van der Waals surface area contributed by atoms with Crippen molar-refractivity contribution in [3.05, 3.63) is 0 Å². The number of rotatable bonds is 8. The van der Waals surface area contributed by atoms with E-state index in [4.69, 9.17) is 28.4 Å². The monoisotopic (exact) mass is 656 g/mol. The molecule has 3 aliphatic heterocycles. The third kappa shape index (κ3) is 7.20. The van der Waals surface area contributed by atoms with Crippen LogP contribution in [0.25, 0.3) is 0 Å². The summed E-state index contributed by atoms with van der Waals surface area (Å²) in [6, 6.07) is 0. The molecule has 3 heterocycles. The van der Waals surface area contributed by atoms with Crippen LogP contribution in [0.5, 0.6) is 0 Å². The summed E-state index contributed by atoms with van der Waals surface area (Å²) >= 11 is 0. The Balaban J connectivity index is 1.40. The van der Waals surface area contributed by atoms with E-state index in [1.807, 2.05) is 0 Å². The molecule has 0 amide bonds. The number of aliphatic hydroxyl groups is 11. The van der Waals surface area contributed by atoms with Crippen LogP contribution in [0.2, 0.25) is 0 Å². The summed E-state index contributed by atoms with van der Waals surface area (Å²) in [5.74, 6) is -0.989. The molecular formula is C28H48O17. The molecule has 5 aliphatic rings. The van der Waals surface area contributed by atoms with E-state index in [0.29, 0.717) is 0 Å². The van der Waals surface area contributed by atoms with Crippen LogP contribution in [0, 0.1) is 11.8 Å². The molecule has 3 saturated heterocycles. The highest BCUT2D eigenvalue weighted by atomic mass is 16.7. The molecule has 0 aromatic heterocycles. The third-order valence-electron chi connectivity index (χ3n) is 10.1. The summed E-state index contributed by atoms with van der Waals surface area (Å²) in [6.07, 6.45) is -21.8. The van der Waals surface area contributed by atoms with Crippen molar-refractivity contribution in [3.63, 3.8) is 0 Å². The third-order valence-corrected chi connectivity index (χ3v) is 10.1. The summed E-state index contributed by atoms with van der Waals surface area (Å²) in [7, 11) is 1.40. The molecule has 0 aromatic rings. The molecule has 20 unspecified atom stereocenters. The Morgan fingerprint density at radius 1 is 0.556 bits per heavy atom. The molecule has 0 bridgehead atoms. The van der Waals surface area contributed by atoms with Crippen LogP contribution in [0.1, 0.15) is 32.1 Å². The molecule has 262 valence electrons. The maximum Gasteiger partial charge on any atom is 0.187 e. The lowest BCUT2D eigenvalue weighted by Gasteiger charge is -2.53. The van der Waals surface area contributed by atoms with Crippen molar-refractivity contribution in [1.82, 2.24) is 0 Å². The lowest BCUT2D eigenvalue weighted by molar-refractivity contribution is -0.345. The number of aliphatic hydroxyl groups excluding tert-OH is 11. The average Bonchev–Trinajstić information content (AvgIpc) is 3.02. The van der Waals surface area contributed by atoms with Crippen LogP contribution in [-0.2, 0) is 28.4 Å². The second-order valence-corrected chi connectivity index (χ2v) is 13.0. The van der Waals surface area contributed by atoms with E-state index in [9.17, 15) is 56.2 Å². The van der Waals surface area contributed by atoms with Crippen LogP contribution >= 0.6 is 0 Å². The fraction of sp³-hybridized carbons (Fsp3) is 1.00. The van der Waals surface area contributed by atoms with Gasteiger partial charge in [0.15, 0.2) is 12.6 Å². The van der Waals surface area contributed by atoms with Gasteiger partial charge in [-0.3, -0.25) is 0 Å². The van der Waals surface area contributed by atoms with Crippen LogP contribution in [0.3, 0.4) is 0 Å². The smallest absolute Gasteiger partial charge is 0.187 e. The van der Waals surface area contributed by atoms with Gasteiger partial charge in [0.2, 0.25) is 0 Å². The topological polar surface area (TPSA) is 278 Å². The van der Waals surface area contributed by atoms with Crippen molar-refractivity contribution < 1.29 is 84.6 Å². The predicted molar refractivity (Wildman–Crippen MR) is 145 cm³/mol. The first-order valence-corrected chi connectivity index (χ1v) is 15.5. The Kier molecular flexibility index (Phi) is 11.7. The van der Waals surface area contributed by atoms with Gasteiger partial charge in [-0.1, -0.05) is 0 Å². The van der Waals surface area contributed by atoms with E-state index in [0.717, 1.165) is 0 Å². The van der Waals surface area contributed by atoms with Gasteiger partial charge in [-0.25, -0.2) is 0 Å². The molecule has 17 heteroatoms. The van der Waals surface area contributed by atoms with Crippen molar-refractivity contribution in [2.45, 2.75) is 142 Å². The van der Waals surface area contributed by atoms with Gasteiger partial charge >= 0.3 is 0 Å². The Morgan fingerprint density at radius 2 is 1.11 bits per heavy atom. The normalized spacial score (nSPS) is 54.4. The Labute approximate surface area is 259 Å². The summed E-state index contributed by atoms with van der Waals surface area (Å²) < 4.78 is 35.4. The molecule has 2 saturated carbocycles. The molecule has 45 heavy (non-hydrogen) atoms. The SMILES string of the molecule is COC1CC(C2OC3CC(O)CC(OC4OC(CO)C(O)C(O)C4O)C3CC2OC2OC(CO)C(O)C(O)C2O)CC(O)C1O. The van der Waals surface area contributed by atoms with Gasteiger partial charge in [-0.15, -0.1) is 0 Å². The minimum Gasteiger partial charge on any atom is -0.394 e. The Bertz CT molecular complexity index is 943. The van der Waals surface area contributed by atoms with E-state index in [-0.39, 0.29) is 32.1 Å².